The van der Waals surface area contributed by atoms with Crippen molar-refractivity contribution in [3.8, 4) is 11.1 Å². The number of rotatable bonds is 8. The SMILES string of the molecule is CC(C)(C)C(=O)ON[C@@H](CSc1c(-c2ccccc2)cccc1[N+](=O)[O-])C(=O)O. The molecule has 2 aromatic carbocycles. The Hall–Kier alpha value is -2.91. The van der Waals surface area contributed by atoms with Gasteiger partial charge in [-0.3, -0.25) is 14.9 Å². The van der Waals surface area contributed by atoms with Gasteiger partial charge in [-0.25, -0.2) is 4.79 Å². The Morgan fingerprint density at radius 3 is 2.38 bits per heavy atom. The molecule has 0 aromatic heterocycles. The predicted octanol–water partition coefficient (Wildman–Crippen LogP) is 3.90. The molecule has 0 unspecified atom stereocenters. The molecule has 0 fully saturated rings. The quantitative estimate of drug-likeness (QED) is 0.376. The van der Waals surface area contributed by atoms with Gasteiger partial charge in [-0.1, -0.05) is 42.5 Å². The maximum Gasteiger partial charge on any atom is 0.330 e. The first kappa shape index (κ1) is 22.4. The molecule has 0 aliphatic rings. The second-order valence-electron chi connectivity index (χ2n) is 7.24. The largest absolute Gasteiger partial charge is 0.480 e. The van der Waals surface area contributed by atoms with Gasteiger partial charge in [0.2, 0.25) is 0 Å². The van der Waals surface area contributed by atoms with Crippen molar-refractivity contribution < 1.29 is 24.5 Å². The van der Waals surface area contributed by atoms with Crippen molar-refractivity contribution in [2.75, 3.05) is 5.75 Å². The van der Waals surface area contributed by atoms with E-state index in [0.29, 0.717) is 10.5 Å². The molecule has 0 bridgehead atoms. The molecule has 0 saturated heterocycles. The van der Waals surface area contributed by atoms with Gasteiger partial charge in [0.15, 0.2) is 0 Å². The monoisotopic (exact) mass is 418 g/mol. The number of nitrogens with one attached hydrogen (secondary N) is 1. The molecule has 2 aromatic rings. The summed E-state index contributed by atoms with van der Waals surface area (Å²) in [5.41, 5.74) is 2.74. The van der Waals surface area contributed by atoms with Gasteiger partial charge >= 0.3 is 11.9 Å². The highest BCUT2D eigenvalue weighted by molar-refractivity contribution is 7.99. The Morgan fingerprint density at radius 2 is 1.83 bits per heavy atom. The lowest BCUT2D eigenvalue weighted by atomic mass is 9.98. The summed E-state index contributed by atoms with van der Waals surface area (Å²) in [5, 5.41) is 20.9. The van der Waals surface area contributed by atoms with Gasteiger partial charge in [-0.2, -0.15) is 0 Å². The number of aliphatic carboxylic acids is 1. The van der Waals surface area contributed by atoms with Gasteiger partial charge < -0.3 is 9.94 Å². The van der Waals surface area contributed by atoms with E-state index in [0.717, 1.165) is 17.3 Å². The minimum Gasteiger partial charge on any atom is -0.480 e. The van der Waals surface area contributed by atoms with E-state index in [1.165, 1.54) is 6.07 Å². The highest BCUT2D eigenvalue weighted by Gasteiger charge is 2.28. The number of carbonyl (C=O) groups excluding carboxylic acids is 1. The third-order valence-corrected chi connectivity index (χ3v) is 5.09. The number of thioether (sulfide) groups is 1. The zero-order valence-corrected chi connectivity index (χ0v) is 17.1. The van der Waals surface area contributed by atoms with Gasteiger partial charge in [-0.15, -0.1) is 17.2 Å². The second kappa shape index (κ2) is 9.53. The van der Waals surface area contributed by atoms with E-state index in [2.05, 4.69) is 5.48 Å². The molecular weight excluding hydrogens is 396 g/mol. The summed E-state index contributed by atoms with van der Waals surface area (Å²) in [4.78, 5) is 39.7. The molecule has 0 radical (unpaired) electrons. The molecule has 0 aliphatic heterocycles. The summed E-state index contributed by atoms with van der Waals surface area (Å²) in [5.74, 6) is -1.93. The zero-order valence-electron chi connectivity index (χ0n) is 16.2. The minimum atomic E-state index is -1.24. The average Bonchev–Trinajstić information content (AvgIpc) is 2.67. The Bertz CT molecular complexity index is 896. The van der Waals surface area contributed by atoms with Crippen LogP contribution in [0.5, 0.6) is 0 Å². The molecule has 0 heterocycles. The third kappa shape index (κ3) is 6.03. The first-order chi connectivity index (χ1) is 13.6. The first-order valence-corrected chi connectivity index (χ1v) is 9.75. The Balaban J connectivity index is 2.26. The van der Waals surface area contributed by atoms with Crippen molar-refractivity contribution in [2.24, 2.45) is 5.41 Å². The fourth-order valence-corrected chi connectivity index (χ4v) is 3.44. The lowest BCUT2D eigenvalue weighted by molar-refractivity contribution is -0.387. The van der Waals surface area contributed by atoms with Gasteiger partial charge in [0.25, 0.3) is 5.69 Å². The molecule has 8 nitrogen and oxygen atoms in total. The van der Waals surface area contributed by atoms with Gasteiger partial charge in [-0.05, 0) is 26.3 Å². The lowest BCUT2D eigenvalue weighted by Gasteiger charge is -2.19. The minimum absolute atomic E-state index is 0.0859. The fourth-order valence-electron chi connectivity index (χ4n) is 2.27. The van der Waals surface area contributed by atoms with Crippen molar-refractivity contribution in [2.45, 2.75) is 31.7 Å². The molecule has 0 amide bonds. The summed E-state index contributed by atoms with van der Waals surface area (Å²) in [7, 11) is 0. The number of carboxylic acid groups (broad SMARTS) is 1. The number of benzene rings is 2. The number of hydroxylamine groups is 1. The smallest absolute Gasteiger partial charge is 0.330 e. The van der Waals surface area contributed by atoms with Gasteiger partial charge in [0, 0.05) is 17.4 Å². The first-order valence-electron chi connectivity index (χ1n) is 8.76. The normalized spacial score (nSPS) is 12.2. The average molecular weight is 418 g/mol. The van der Waals surface area contributed by atoms with Crippen molar-refractivity contribution in [3.05, 3.63) is 58.6 Å². The van der Waals surface area contributed by atoms with Crippen LogP contribution in [0.1, 0.15) is 20.8 Å². The summed E-state index contributed by atoms with van der Waals surface area (Å²) in [6.07, 6.45) is 0. The predicted molar refractivity (Wildman–Crippen MR) is 109 cm³/mol. The van der Waals surface area contributed by atoms with E-state index in [4.69, 9.17) is 4.84 Å². The van der Waals surface area contributed by atoms with E-state index in [1.807, 2.05) is 30.3 Å². The highest BCUT2D eigenvalue weighted by atomic mass is 32.2. The Kier molecular flexibility index (Phi) is 7.35. The maximum absolute atomic E-state index is 11.9. The Labute approximate surface area is 172 Å². The van der Waals surface area contributed by atoms with Crippen LogP contribution in [-0.2, 0) is 14.4 Å². The zero-order chi connectivity index (χ0) is 21.6. The molecule has 0 aliphatic carbocycles. The number of nitro benzene ring substituents is 1. The van der Waals surface area contributed by atoms with Crippen LogP contribution in [0.25, 0.3) is 11.1 Å². The van der Waals surface area contributed by atoms with Crippen molar-refractivity contribution >= 4 is 29.4 Å². The molecule has 2 N–H and O–H groups in total. The molecular formula is C20H22N2O6S. The standard InChI is InChI=1S/C20H22N2O6S/c1-20(2,3)19(25)28-21-15(18(23)24)12-29-17-14(13-8-5-4-6-9-13)10-7-11-16(17)22(26)27/h4-11,15,21H,12H2,1-3H3,(H,23,24)/t15-/m0/s1. The van der Waals surface area contributed by atoms with Gasteiger partial charge in [0.1, 0.15) is 6.04 Å². The molecule has 0 saturated carbocycles. The van der Waals surface area contributed by atoms with Crippen molar-refractivity contribution in [1.82, 2.24) is 5.48 Å². The summed E-state index contributed by atoms with van der Waals surface area (Å²) in [6, 6.07) is 12.6. The van der Waals surface area contributed by atoms with Crippen LogP contribution in [0.2, 0.25) is 0 Å². The molecule has 2 rings (SSSR count). The molecule has 29 heavy (non-hydrogen) atoms. The maximum atomic E-state index is 11.9. The van der Waals surface area contributed by atoms with E-state index in [1.54, 1.807) is 32.9 Å². The number of nitro groups is 1. The molecule has 9 heteroatoms. The van der Waals surface area contributed by atoms with E-state index in [9.17, 15) is 24.8 Å². The summed E-state index contributed by atoms with van der Waals surface area (Å²) >= 11 is 1.02. The van der Waals surface area contributed by atoms with Crippen LogP contribution in [-0.4, -0.2) is 33.8 Å². The van der Waals surface area contributed by atoms with Crippen LogP contribution < -0.4 is 5.48 Å². The van der Waals surface area contributed by atoms with Crippen LogP contribution in [0.4, 0.5) is 5.69 Å². The van der Waals surface area contributed by atoms with Gasteiger partial charge in [0.05, 0.1) is 15.2 Å². The summed E-state index contributed by atoms with van der Waals surface area (Å²) in [6.45, 7) is 4.92. The second-order valence-corrected chi connectivity index (χ2v) is 8.27. The van der Waals surface area contributed by atoms with Crippen LogP contribution in [0.15, 0.2) is 53.4 Å². The topological polar surface area (TPSA) is 119 Å². The van der Waals surface area contributed by atoms with Crippen LogP contribution in [0.3, 0.4) is 0 Å². The number of carboxylic acids is 1. The Morgan fingerprint density at radius 1 is 1.17 bits per heavy atom. The van der Waals surface area contributed by atoms with E-state index < -0.39 is 28.3 Å². The number of nitrogens with zero attached hydrogens (tertiary/aromatic N) is 1. The van der Waals surface area contributed by atoms with Crippen molar-refractivity contribution in [3.63, 3.8) is 0 Å². The fraction of sp³-hybridized carbons (Fsp3) is 0.300. The third-order valence-electron chi connectivity index (χ3n) is 3.87. The van der Waals surface area contributed by atoms with E-state index >= 15 is 0 Å². The highest BCUT2D eigenvalue weighted by Crippen LogP contribution is 2.38. The van der Waals surface area contributed by atoms with Crippen molar-refractivity contribution in [1.29, 1.82) is 0 Å². The van der Waals surface area contributed by atoms with Crippen LogP contribution >= 0.6 is 11.8 Å². The van der Waals surface area contributed by atoms with Crippen LogP contribution in [0, 0.1) is 15.5 Å². The number of hydrogen-bond acceptors (Lipinski definition) is 7. The summed E-state index contributed by atoms with van der Waals surface area (Å²) < 4.78 is 0. The number of hydrogen-bond donors (Lipinski definition) is 2. The molecule has 154 valence electrons. The molecule has 1 atom stereocenters. The number of carbonyl (C=O) groups is 2. The van der Waals surface area contributed by atoms with E-state index in [-0.39, 0.29) is 11.4 Å². The lowest BCUT2D eigenvalue weighted by Crippen LogP contribution is -2.42. The molecule has 0 spiro atoms.